The van der Waals surface area contributed by atoms with Gasteiger partial charge in [-0.1, -0.05) is 31.9 Å². The summed E-state index contributed by atoms with van der Waals surface area (Å²) in [5.41, 5.74) is 7.61. The van der Waals surface area contributed by atoms with Gasteiger partial charge in [0.15, 0.2) is 17.5 Å². The van der Waals surface area contributed by atoms with Crippen molar-refractivity contribution in [3.63, 3.8) is 0 Å². The zero-order valence-corrected chi connectivity index (χ0v) is 17.2. The maximum absolute atomic E-state index is 11.6. The molecule has 0 radical (unpaired) electrons. The van der Waals surface area contributed by atoms with Crippen LogP contribution in [0, 0.1) is 6.92 Å². The molecule has 3 aromatic rings. The number of carbonyl (C=O) groups is 1. The third-order valence-electron chi connectivity index (χ3n) is 6.23. The lowest BCUT2D eigenvalue weighted by atomic mass is 10.0. The zero-order chi connectivity index (χ0) is 20.8. The van der Waals surface area contributed by atoms with Crippen molar-refractivity contribution in [2.75, 3.05) is 4.90 Å². The van der Waals surface area contributed by atoms with Crippen LogP contribution in [0.1, 0.15) is 67.1 Å². The van der Waals surface area contributed by atoms with Crippen LogP contribution in [0.15, 0.2) is 30.5 Å². The molecule has 8 nitrogen and oxygen atoms in total. The van der Waals surface area contributed by atoms with Crippen molar-refractivity contribution in [2.45, 2.75) is 58.0 Å². The molecule has 1 aliphatic heterocycles. The smallest absolute Gasteiger partial charge is 0.248 e. The predicted molar refractivity (Wildman–Crippen MR) is 113 cm³/mol. The van der Waals surface area contributed by atoms with Gasteiger partial charge in [-0.15, -0.1) is 10.2 Å². The summed E-state index contributed by atoms with van der Waals surface area (Å²) in [5.74, 6) is 2.84. The average Bonchev–Trinajstić information content (AvgIpc) is 3.42. The summed E-state index contributed by atoms with van der Waals surface area (Å²) in [4.78, 5) is 23.7. The van der Waals surface area contributed by atoms with E-state index in [9.17, 15) is 4.79 Å². The molecule has 0 bridgehead atoms. The van der Waals surface area contributed by atoms with Crippen LogP contribution in [0.2, 0.25) is 0 Å². The Kier molecular flexibility index (Phi) is 4.49. The molecular formula is C22H25N7O. The van der Waals surface area contributed by atoms with E-state index >= 15 is 0 Å². The van der Waals surface area contributed by atoms with Crippen molar-refractivity contribution in [3.8, 4) is 17.1 Å². The Morgan fingerprint density at radius 3 is 2.77 bits per heavy atom. The molecule has 1 unspecified atom stereocenters. The van der Waals surface area contributed by atoms with E-state index in [1.165, 1.54) is 12.8 Å². The van der Waals surface area contributed by atoms with E-state index in [-0.39, 0.29) is 6.04 Å². The standard InChI is InChI=1S/C22H25N7O/c1-3-17-22-27-26-13(2)28(22)18-12-24-20(15-8-6-7-14(11-15)19(23)30)25-21(18)29(17)16-9-4-5-10-16/h6-8,11-12,16-17H,3-5,9-10H2,1-2H3,(H2,23,30). The first-order valence-corrected chi connectivity index (χ1v) is 10.6. The maximum Gasteiger partial charge on any atom is 0.248 e. The Bertz CT molecular complexity index is 1120. The molecule has 2 aromatic heterocycles. The topological polar surface area (TPSA) is 103 Å². The minimum absolute atomic E-state index is 0.126. The summed E-state index contributed by atoms with van der Waals surface area (Å²) in [5, 5.41) is 8.85. The molecule has 30 heavy (non-hydrogen) atoms. The number of amides is 1. The van der Waals surface area contributed by atoms with E-state index < -0.39 is 5.91 Å². The third-order valence-corrected chi connectivity index (χ3v) is 6.23. The Morgan fingerprint density at radius 1 is 1.23 bits per heavy atom. The number of aryl methyl sites for hydroxylation is 1. The van der Waals surface area contributed by atoms with Crippen molar-refractivity contribution in [3.05, 3.63) is 47.7 Å². The summed E-state index contributed by atoms with van der Waals surface area (Å²) in [7, 11) is 0. The Hall–Kier alpha value is -3.29. The molecule has 5 rings (SSSR count). The van der Waals surface area contributed by atoms with Gasteiger partial charge in [-0.3, -0.25) is 9.36 Å². The lowest BCUT2D eigenvalue weighted by molar-refractivity contribution is 0.100. The second kappa shape index (κ2) is 7.19. The van der Waals surface area contributed by atoms with Crippen molar-refractivity contribution in [1.82, 2.24) is 24.7 Å². The fraction of sp³-hybridized carbons (Fsp3) is 0.409. The number of nitrogens with zero attached hydrogens (tertiary/aromatic N) is 6. The molecule has 1 saturated carbocycles. The number of rotatable bonds is 4. The van der Waals surface area contributed by atoms with Gasteiger partial charge in [-0.25, -0.2) is 9.97 Å². The molecule has 2 aliphatic rings. The van der Waals surface area contributed by atoms with E-state index in [0.29, 0.717) is 17.4 Å². The minimum atomic E-state index is -0.460. The van der Waals surface area contributed by atoms with Gasteiger partial charge < -0.3 is 10.6 Å². The minimum Gasteiger partial charge on any atom is -0.366 e. The first kappa shape index (κ1) is 18.7. The molecule has 1 aromatic carbocycles. The second-order valence-corrected chi connectivity index (χ2v) is 8.06. The van der Waals surface area contributed by atoms with Crippen molar-refractivity contribution in [1.29, 1.82) is 0 Å². The van der Waals surface area contributed by atoms with Crippen LogP contribution in [0.4, 0.5) is 5.82 Å². The number of hydrogen-bond donors (Lipinski definition) is 1. The summed E-state index contributed by atoms with van der Waals surface area (Å²) in [6, 6.07) is 7.72. The normalized spacial score (nSPS) is 18.3. The number of primary amides is 1. The molecule has 0 spiro atoms. The molecule has 0 saturated heterocycles. The van der Waals surface area contributed by atoms with E-state index in [4.69, 9.17) is 10.7 Å². The van der Waals surface area contributed by atoms with Gasteiger partial charge in [-0.2, -0.15) is 0 Å². The fourth-order valence-electron chi connectivity index (χ4n) is 4.82. The van der Waals surface area contributed by atoms with Crippen LogP contribution in [0.3, 0.4) is 0 Å². The van der Waals surface area contributed by atoms with Gasteiger partial charge in [-0.05, 0) is 38.3 Å². The quantitative estimate of drug-likeness (QED) is 0.717. The summed E-state index contributed by atoms with van der Waals surface area (Å²) < 4.78 is 2.08. The maximum atomic E-state index is 11.6. The van der Waals surface area contributed by atoms with Crippen molar-refractivity contribution >= 4 is 11.7 Å². The van der Waals surface area contributed by atoms with Gasteiger partial charge in [0.25, 0.3) is 0 Å². The Morgan fingerprint density at radius 2 is 2.03 bits per heavy atom. The van der Waals surface area contributed by atoms with E-state index in [1.54, 1.807) is 12.1 Å². The monoisotopic (exact) mass is 403 g/mol. The largest absolute Gasteiger partial charge is 0.366 e. The van der Waals surface area contributed by atoms with Crippen LogP contribution in [-0.2, 0) is 0 Å². The van der Waals surface area contributed by atoms with Gasteiger partial charge in [0.1, 0.15) is 11.5 Å². The predicted octanol–water partition coefficient (Wildman–Crippen LogP) is 3.35. The molecule has 1 atom stereocenters. The first-order chi connectivity index (χ1) is 14.6. The van der Waals surface area contributed by atoms with Crippen LogP contribution in [0.25, 0.3) is 17.1 Å². The highest BCUT2D eigenvalue weighted by molar-refractivity contribution is 5.93. The number of benzene rings is 1. The lowest BCUT2D eigenvalue weighted by Gasteiger charge is -2.41. The molecular weight excluding hydrogens is 378 g/mol. The zero-order valence-electron chi connectivity index (χ0n) is 17.2. The highest BCUT2D eigenvalue weighted by atomic mass is 16.1. The number of fused-ring (bicyclic) bond motifs is 3. The van der Waals surface area contributed by atoms with Crippen LogP contribution in [-0.4, -0.2) is 36.7 Å². The van der Waals surface area contributed by atoms with Crippen LogP contribution < -0.4 is 10.6 Å². The molecule has 1 aliphatic carbocycles. The number of nitrogens with two attached hydrogens (primary N) is 1. The van der Waals surface area contributed by atoms with Crippen LogP contribution in [0.5, 0.6) is 0 Å². The highest BCUT2D eigenvalue weighted by Crippen LogP contribution is 2.43. The summed E-state index contributed by atoms with van der Waals surface area (Å²) in [6.45, 7) is 4.15. The highest BCUT2D eigenvalue weighted by Gasteiger charge is 2.39. The molecule has 1 fully saturated rings. The SMILES string of the molecule is CCC1c2nnc(C)n2-c2cnc(-c3cccc(C(N)=O)c3)nc2N1C1CCCC1. The van der Waals surface area contributed by atoms with Crippen LogP contribution >= 0.6 is 0 Å². The van der Waals surface area contributed by atoms with E-state index in [2.05, 4.69) is 31.6 Å². The van der Waals surface area contributed by atoms with Gasteiger partial charge >= 0.3 is 0 Å². The number of anilines is 1. The van der Waals surface area contributed by atoms with Gasteiger partial charge in [0.2, 0.25) is 5.91 Å². The second-order valence-electron chi connectivity index (χ2n) is 8.06. The number of carbonyl (C=O) groups excluding carboxylic acids is 1. The Labute approximate surface area is 175 Å². The average molecular weight is 403 g/mol. The summed E-state index contributed by atoms with van der Waals surface area (Å²) in [6.07, 6.45) is 7.54. The molecule has 154 valence electrons. The lowest BCUT2D eigenvalue weighted by Crippen LogP contribution is -2.42. The van der Waals surface area contributed by atoms with Crippen molar-refractivity contribution < 1.29 is 4.79 Å². The molecule has 8 heteroatoms. The molecule has 1 amide bonds. The van der Waals surface area contributed by atoms with E-state index in [0.717, 1.165) is 48.0 Å². The van der Waals surface area contributed by atoms with Gasteiger partial charge in [0, 0.05) is 17.2 Å². The number of hydrogen-bond acceptors (Lipinski definition) is 6. The van der Waals surface area contributed by atoms with E-state index in [1.807, 2.05) is 25.3 Å². The fourth-order valence-corrected chi connectivity index (χ4v) is 4.82. The van der Waals surface area contributed by atoms with Gasteiger partial charge in [0.05, 0.1) is 12.2 Å². The third kappa shape index (κ3) is 2.86. The molecule has 3 heterocycles. The first-order valence-electron chi connectivity index (χ1n) is 10.6. The Balaban J connectivity index is 1.69. The molecule has 2 N–H and O–H groups in total. The number of aromatic nitrogens is 5. The van der Waals surface area contributed by atoms with Crippen molar-refractivity contribution in [2.24, 2.45) is 5.73 Å². The summed E-state index contributed by atoms with van der Waals surface area (Å²) >= 11 is 0.